The summed E-state index contributed by atoms with van der Waals surface area (Å²) in [5.41, 5.74) is -0.0943. The molecule has 1 fully saturated rings. The van der Waals surface area contributed by atoms with Gasteiger partial charge < -0.3 is 24.6 Å². The minimum Gasteiger partial charge on any atom is -0.448 e. The number of alkyl carbamates (subject to hydrolysis) is 1. The number of ether oxygens (including phenoxy) is 2. The molecule has 2 amide bonds. The lowest BCUT2D eigenvalue weighted by Crippen LogP contribution is -2.49. The van der Waals surface area contributed by atoms with Gasteiger partial charge in [-0.3, -0.25) is 4.67 Å². The first-order valence-electron chi connectivity index (χ1n) is 12.5. The molecule has 1 saturated carbocycles. The Morgan fingerprint density at radius 1 is 0.909 bits per heavy atom. The number of nitrogens with one attached hydrogen (secondary N) is 1. The summed E-state index contributed by atoms with van der Waals surface area (Å²) in [6.45, 7) is 21.6. The van der Waals surface area contributed by atoms with E-state index in [0.29, 0.717) is 19.8 Å². The molecule has 1 N–H and O–H groups in total. The fourth-order valence-electron chi connectivity index (χ4n) is 5.08. The SMILES string of the molecule is CCN(CC)CCOC(=O)NCC1(C)CC(N(P)C(=O)OCCN(CC)CC)CC(C)(C)C1. The minimum absolute atomic E-state index is 0.0326. The number of amides is 2. The third-order valence-electron chi connectivity index (χ3n) is 6.75. The summed E-state index contributed by atoms with van der Waals surface area (Å²) in [5, 5.41) is 2.96. The highest BCUT2D eigenvalue weighted by atomic mass is 31.0. The van der Waals surface area contributed by atoms with Crippen LogP contribution in [-0.4, -0.2) is 91.7 Å². The van der Waals surface area contributed by atoms with Gasteiger partial charge in [0, 0.05) is 25.7 Å². The van der Waals surface area contributed by atoms with Crippen molar-refractivity contribution in [1.29, 1.82) is 0 Å². The van der Waals surface area contributed by atoms with Crippen LogP contribution in [0.4, 0.5) is 9.59 Å². The van der Waals surface area contributed by atoms with E-state index < -0.39 is 0 Å². The first kappa shape index (κ1) is 29.9. The summed E-state index contributed by atoms with van der Waals surface area (Å²) in [4.78, 5) is 29.4. The highest BCUT2D eigenvalue weighted by molar-refractivity contribution is 7.14. The third-order valence-corrected chi connectivity index (χ3v) is 7.38. The van der Waals surface area contributed by atoms with E-state index >= 15 is 0 Å². The monoisotopic (exact) mass is 488 g/mol. The zero-order valence-electron chi connectivity index (χ0n) is 22.1. The van der Waals surface area contributed by atoms with E-state index in [1.165, 1.54) is 0 Å². The van der Waals surface area contributed by atoms with Crippen molar-refractivity contribution < 1.29 is 19.1 Å². The van der Waals surface area contributed by atoms with Gasteiger partial charge in [-0.25, -0.2) is 9.59 Å². The minimum atomic E-state index is -0.373. The maximum Gasteiger partial charge on any atom is 0.412 e. The summed E-state index contributed by atoms with van der Waals surface area (Å²) in [7, 11) is 2.57. The zero-order valence-corrected chi connectivity index (χ0v) is 23.3. The van der Waals surface area contributed by atoms with Crippen LogP contribution < -0.4 is 5.32 Å². The molecule has 1 aliphatic rings. The number of carbonyl (C=O) groups excluding carboxylic acids is 2. The Labute approximate surface area is 204 Å². The number of rotatable bonds is 13. The number of hydrogen-bond acceptors (Lipinski definition) is 6. The van der Waals surface area contributed by atoms with Gasteiger partial charge >= 0.3 is 12.2 Å². The molecule has 3 unspecified atom stereocenters. The average molecular weight is 489 g/mol. The van der Waals surface area contributed by atoms with E-state index in [0.717, 1.165) is 58.5 Å². The maximum absolute atomic E-state index is 12.7. The second-order valence-corrected chi connectivity index (χ2v) is 10.8. The predicted octanol–water partition coefficient (Wildman–Crippen LogP) is 4.21. The molecule has 0 bridgehead atoms. The van der Waals surface area contributed by atoms with E-state index in [-0.39, 0.29) is 29.1 Å². The smallest absolute Gasteiger partial charge is 0.412 e. The van der Waals surface area contributed by atoms with Crippen LogP contribution in [0, 0.1) is 10.8 Å². The van der Waals surface area contributed by atoms with Gasteiger partial charge in [0.2, 0.25) is 0 Å². The Morgan fingerprint density at radius 3 is 1.94 bits per heavy atom. The average Bonchev–Trinajstić information content (AvgIpc) is 2.76. The third kappa shape index (κ3) is 10.8. The van der Waals surface area contributed by atoms with Crippen LogP contribution in [0.15, 0.2) is 0 Å². The Kier molecular flexibility index (Phi) is 13.0. The van der Waals surface area contributed by atoms with Crippen molar-refractivity contribution in [3.8, 4) is 0 Å². The molecule has 8 nitrogen and oxygen atoms in total. The second kappa shape index (κ2) is 14.3. The fraction of sp³-hybridized carbons (Fsp3) is 0.917. The lowest BCUT2D eigenvalue weighted by atomic mass is 9.62. The molecule has 3 atom stereocenters. The van der Waals surface area contributed by atoms with Gasteiger partial charge in [-0.1, -0.05) is 48.5 Å². The highest BCUT2D eigenvalue weighted by Crippen LogP contribution is 2.47. The second-order valence-electron chi connectivity index (χ2n) is 10.3. The molecule has 0 heterocycles. The van der Waals surface area contributed by atoms with E-state index in [4.69, 9.17) is 9.47 Å². The molecule has 33 heavy (non-hydrogen) atoms. The van der Waals surface area contributed by atoms with Gasteiger partial charge in [0.25, 0.3) is 0 Å². The van der Waals surface area contributed by atoms with Crippen molar-refractivity contribution >= 4 is 21.6 Å². The van der Waals surface area contributed by atoms with Gasteiger partial charge in [-0.05, 0) is 65.7 Å². The molecule has 1 rings (SSSR count). The van der Waals surface area contributed by atoms with Crippen molar-refractivity contribution in [2.24, 2.45) is 10.8 Å². The molecular weight excluding hydrogens is 439 g/mol. The Bertz CT molecular complexity index is 599. The van der Waals surface area contributed by atoms with Gasteiger partial charge in [0.15, 0.2) is 0 Å². The zero-order chi connectivity index (χ0) is 25.1. The highest BCUT2D eigenvalue weighted by Gasteiger charge is 2.44. The first-order chi connectivity index (χ1) is 15.5. The molecule has 194 valence electrons. The van der Waals surface area contributed by atoms with Crippen LogP contribution in [-0.2, 0) is 9.47 Å². The molecule has 1 aliphatic carbocycles. The quantitative estimate of drug-likeness (QED) is 0.392. The van der Waals surface area contributed by atoms with Crippen LogP contribution >= 0.6 is 9.39 Å². The molecule has 0 aliphatic heterocycles. The van der Waals surface area contributed by atoms with Crippen molar-refractivity contribution in [3.05, 3.63) is 0 Å². The van der Waals surface area contributed by atoms with Crippen molar-refractivity contribution in [2.75, 3.05) is 59.0 Å². The van der Waals surface area contributed by atoms with Crippen LogP contribution in [0.25, 0.3) is 0 Å². The van der Waals surface area contributed by atoms with Crippen LogP contribution in [0.5, 0.6) is 0 Å². The largest absolute Gasteiger partial charge is 0.448 e. The predicted molar refractivity (Wildman–Crippen MR) is 137 cm³/mol. The Morgan fingerprint density at radius 2 is 1.42 bits per heavy atom. The van der Waals surface area contributed by atoms with Gasteiger partial charge in [-0.15, -0.1) is 0 Å². The summed E-state index contributed by atoms with van der Waals surface area (Å²) in [6, 6.07) is 0.0326. The summed E-state index contributed by atoms with van der Waals surface area (Å²) < 4.78 is 12.6. The van der Waals surface area contributed by atoms with Crippen molar-refractivity contribution in [2.45, 2.75) is 73.8 Å². The topological polar surface area (TPSA) is 74.3 Å². The molecule has 0 aromatic rings. The van der Waals surface area contributed by atoms with Gasteiger partial charge in [0.1, 0.15) is 13.2 Å². The van der Waals surface area contributed by atoms with E-state index in [1.807, 2.05) is 0 Å². The molecule has 0 radical (unpaired) electrons. The molecule has 0 aromatic heterocycles. The standard InChI is InChI=1S/C24H49N4O4P/c1-8-26(9-2)12-14-31-21(29)25-19-24(7)17-20(16-23(5,6)18-24)28(33)22(30)32-15-13-27(10-3)11-4/h20H,8-19,33H2,1-7H3,(H,25,29). The molecule has 0 saturated heterocycles. The van der Waals surface area contributed by atoms with E-state index in [9.17, 15) is 9.59 Å². The Balaban J connectivity index is 2.59. The summed E-state index contributed by atoms with van der Waals surface area (Å²) in [5.74, 6) is 0. The molecule has 9 heteroatoms. The summed E-state index contributed by atoms with van der Waals surface area (Å²) >= 11 is 0. The summed E-state index contributed by atoms with van der Waals surface area (Å²) in [6.07, 6.45) is 1.98. The van der Waals surface area contributed by atoms with Crippen molar-refractivity contribution in [1.82, 2.24) is 19.8 Å². The van der Waals surface area contributed by atoms with Crippen LogP contribution in [0.1, 0.15) is 67.7 Å². The number of carbonyl (C=O) groups is 2. The van der Waals surface area contributed by atoms with Gasteiger partial charge in [0.05, 0.1) is 0 Å². The number of hydrogen-bond donors (Lipinski definition) is 1. The van der Waals surface area contributed by atoms with Crippen molar-refractivity contribution in [3.63, 3.8) is 0 Å². The maximum atomic E-state index is 12.7. The van der Waals surface area contributed by atoms with E-state index in [2.05, 4.69) is 73.0 Å². The van der Waals surface area contributed by atoms with E-state index in [1.54, 1.807) is 4.67 Å². The fourth-order valence-corrected chi connectivity index (χ4v) is 5.36. The van der Waals surface area contributed by atoms with Crippen LogP contribution in [0.3, 0.4) is 0 Å². The first-order valence-corrected chi connectivity index (χ1v) is 13.1. The molecule has 0 spiro atoms. The van der Waals surface area contributed by atoms with Gasteiger partial charge in [-0.2, -0.15) is 0 Å². The van der Waals surface area contributed by atoms with Crippen LogP contribution in [0.2, 0.25) is 0 Å². The number of nitrogens with zero attached hydrogens (tertiary/aromatic N) is 3. The lowest BCUT2D eigenvalue weighted by Gasteiger charge is -2.48. The normalized spacial score (nSPS) is 22.3. The Hall–Kier alpha value is -1.11. The molecular formula is C24H49N4O4P. The number of likely N-dealkylation sites (N-methyl/N-ethyl adjacent to an activating group) is 2. The molecule has 0 aromatic carbocycles. The lowest BCUT2D eigenvalue weighted by molar-refractivity contribution is 0.0370.